The highest BCUT2D eigenvalue weighted by atomic mass is 16.5. The van der Waals surface area contributed by atoms with Crippen LogP contribution in [0.2, 0.25) is 0 Å². The van der Waals surface area contributed by atoms with Crippen molar-refractivity contribution >= 4 is 5.91 Å². The summed E-state index contributed by atoms with van der Waals surface area (Å²) >= 11 is 0. The lowest BCUT2D eigenvalue weighted by molar-refractivity contribution is -0.140. The van der Waals surface area contributed by atoms with Crippen molar-refractivity contribution in [3.63, 3.8) is 0 Å². The second kappa shape index (κ2) is 8.22. The monoisotopic (exact) mass is 379 g/mol. The summed E-state index contributed by atoms with van der Waals surface area (Å²) in [6.45, 7) is 1.66. The number of hydrogen-bond acceptors (Lipinski definition) is 6. The zero-order valence-electron chi connectivity index (χ0n) is 15.6. The molecule has 3 aromatic rings. The minimum absolute atomic E-state index is 0.0206. The Labute approximate surface area is 162 Å². The molecule has 0 saturated carbocycles. The van der Waals surface area contributed by atoms with Crippen LogP contribution in [0, 0.1) is 0 Å². The van der Waals surface area contributed by atoms with E-state index < -0.39 is 0 Å². The molecule has 7 nitrogen and oxygen atoms in total. The second-order valence-electron chi connectivity index (χ2n) is 6.59. The fraction of sp³-hybridized carbons (Fsp3) is 0.286. The molecule has 1 aliphatic rings. The molecule has 0 bridgehead atoms. The van der Waals surface area contributed by atoms with Crippen LogP contribution < -0.4 is 4.74 Å². The van der Waals surface area contributed by atoms with E-state index in [9.17, 15) is 4.79 Å². The van der Waals surface area contributed by atoms with Gasteiger partial charge in [-0.2, -0.15) is 4.98 Å². The zero-order valence-corrected chi connectivity index (χ0v) is 15.6. The predicted octanol–water partition coefficient (Wildman–Crippen LogP) is 3.03. The Kier molecular flexibility index (Phi) is 5.34. The summed E-state index contributed by atoms with van der Waals surface area (Å²) in [4.78, 5) is 18.1. The number of ether oxygens (including phenoxy) is 2. The van der Waals surface area contributed by atoms with Gasteiger partial charge in [-0.15, -0.1) is 0 Å². The average molecular weight is 379 g/mol. The lowest BCUT2D eigenvalue weighted by atomic mass is 10.1. The van der Waals surface area contributed by atoms with E-state index in [0.29, 0.717) is 37.8 Å². The number of rotatable bonds is 7. The van der Waals surface area contributed by atoms with Crippen LogP contribution in [0.1, 0.15) is 6.42 Å². The molecule has 0 unspecified atom stereocenters. The summed E-state index contributed by atoms with van der Waals surface area (Å²) in [6, 6.07) is 17.2. The first-order valence-corrected chi connectivity index (χ1v) is 9.16. The predicted molar refractivity (Wildman–Crippen MR) is 103 cm³/mol. The molecule has 0 aliphatic carbocycles. The van der Waals surface area contributed by atoms with Crippen molar-refractivity contribution in [3.8, 4) is 28.6 Å². The molecule has 7 heteroatoms. The van der Waals surface area contributed by atoms with Crippen LogP contribution in [0.15, 0.2) is 59.1 Å². The smallest absolute Gasteiger partial charge is 0.258 e. The summed E-state index contributed by atoms with van der Waals surface area (Å²) in [6.07, 6.45) is 0.431. The SMILES string of the molecule is COCCC(=O)N1CC(Oc2ccc(-c3noc(-c4ccccc4)n3)cc2)C1. The van der Waals surface area contributed by atoms with Gasteiger partial charge in [0.2, 0.25) is 11.7 Å². The van der Waals surface area contributed by atoms with Gasteiger partial charge in [0.05, 0.1) is 26.1 Å². The van der Waals surface area contributed by atoms with E-state index in [1.54, 1.807) is 12.0 Å². The quantitative estimate of drug-likeness (QED) is 0.628. The highest BCUT2D eigenvalue weighted by Crippen LogP contribution is 2.25. The van der Waals surface area contributed by atoms with E-state index in [0.717, 1.165) is 16.9 Å². The Morgan fingerprint density at radius 2 is 1.86 bits per heavy atom. The molecule has 4 rings (SSSR count). The third-order valence-corrected chi connectivity index (χ3v) is 4.58. The molecule has 1 saturated heterocycles. The Balaban J connectivity index is 1.33. The molecule has 0 spiro atoms. The third kappa shape index (κ3) is 4.04. The molecule has 1 aromatic heterocycles. The van der Waals surface area contributed by atoms with Crippen molar-refractivity contribution in [2.75, 3.05) is 26.8 Å². The van der Waals surface area contributed by atoms with Crippen LogP contribution in [0.4, 0.5) is 0 Å². The Bertz CT molecular complexity index is 918. The van der Waals surface area contributed by atoms with Crippen LogP contribution in [0.25, 0.3) is 22.8 Å². The zero-order chi connectivity index (χ0) is 19.3. The van der Waals surface area contributed by atoms with Gasteiger partial charge in [-0.1, -0.05) is 23.4 Å². The van der Waals surface area contributed by atoms with Gasteiger partial charge >= 0.3 is 0 Å². The fourth-order valence-electron chi connectivity index (χ4n) is 2.98. The number of nitrogens with zero attached hydrogens (tertiary/aromatic N) is 3. The van der Waals surface area contributed by atoms with Crippen molar-refractivity contribution in [1.29, 1.82) is 0 Å². The third-order valence-electron chi connectivity index (χ3n) is 4.58. The second-order valence-corrected chi connectivity index (χ2v) is 6.59. The first kappa shape index (κ1) is 18.2. The molecule has 144 valence electrons. The molecule has 2 aromatic carbocycles. The summed E-state index contributed by atoms with van der Waals surface area (Å²) < 4.78 is 16.2. The van der Waals surface area contributed by atoms with Crippen LogP contribution in [-0.2, 0) is 9.53 Å². The van der Waals surface area contributed by atoms with Crippen LogP contribution in [0.3, 0.4) is 0 Å². The van der Waals surface area contributed by atoms with Gasteiger partial charge in [0.25, 0.3) is 5.89 Å². The number of likely N-dealkylation sites (tertiary alicyclic amines) is 1. The number of hydrogen-bond donors (Lipinski definition) is 0. The van der Waals surface area contributed by atoms with E-state index in [2.05, 4.69) is 10.1 Å². The Morgan fingerprint density at radius 1 is 1.11 bits per heavy atom. The summed E-state index contributed by atoms with van der Waals surface area (Å²) in [5, 5.41) is 4.05. The summed E-state index contributed by atoms with van der Waals surface area (Å²) in [7, 11) is 1.59. The minimum atomic E-state index is 0.0206. The standard InChI is InChI=1S/C21H21N3O4/c1-26-12-11-19(25)24-13-18(14-24)27-17-9-7-15(8-10-17)20-22-21(28-23-20)16-5-3-2-4-6-16/h2-10,18H,11-14H2,1H3. The topological polar surface area (TPSA) is 77.7 Å². The van der Waals surface area contributed by atoms with Gasteiger partial charge in [0.15, 0.2) is 0 Å². The highest BCUT2D eigenvalue weighted by Gasteiger charge is 2.31. The maximum absolute atomic E-state index is 11.9. The van der Waals surface area contributed by atoms with Crippen LogP contribution in [-0.4, -0.2) is 53.9 Å². The van der Waals surface area contributed by atoms with E-state index in [1.807, 2.05) is 54.6 Å². The van der Waals surface area contributed by atoms with Gasteiger partial charge in [-0.05, 0) is 36.4 Å². The first-order chi connectivity index (χ1) is 13.7. The molecular formula is C21H21N3O4. The molecule has 0 N–H and O–H groups in total. The van der Waals surface area contributed by atoms with E-state index >= 15 is 0 Å². The van der Waals surface area contributed by atoms with Gasteiger partial charge in [-0.3, -0.25) is 4.79 Å². The normalized spacial score (nSPS) is 14.0. The number of carbonyl (C=O) groups is 1. The summed E-state index contributed by atoms with van der Waals surface area (Å²) in [5.74, 6) is 1.88. The van der Waals surface area contributed by atoms with Crippen molar-refractivity contribution in [3.05, 3.63) is 54.6 Å². The number of aromatic nitrogens is 2. The Hall–Kier alpha value is -3.19. The maximum atomic E-state index is 11.9. The molecular weight excluding hydrogens is 358 g/mol. The number of carbonyl (C=O) groups excluding carboxylic acids is 1. The maximum Gasteiger partial charge on any atom is 0.258 e. The molecule has 1 aliphatic heterocycles. The van der Waals surface area contributed by atoms with Crippen LogP contribution in [0.5, 0.6) is 5.75 Å². The molecule has 28 heavy (non-hydrogen) atoms. The van der Waals surface area contributed by atoms with Gasteiger partial charge in [0.1, 0.15) is 11.9 Å². The minimum Gasteiger partial charge on any atom is -0.487 e. The molecule has 2 heterocycles. The number of benzene rings is 2. The molecule has 0 radical (unpaired) electrons. The first-order valence-electron chi connectivity index (χ1n) is 9.16. The molecule has 1 fully saturated rings. The molecule has 1 amide bonds. The summed E-state index contributed by atoms with van der Waals surface area (Å²) in [5.41, 5.74) is 1.74. The average Bonchev–Trinajstić information content (AvgIpc) is 3.20. The molecule has 0 atom stereocenters. The largest absolute Gasteiger partial charge is 0.487 e. The fourth-order valence-corrected chi connectivity index (χ4v) is 2.98. The van der Waals surface area contributed by atoms with Crippen molar-refractivity contribution in [2.45, 2.75) is 12.5 Å². The lowest BCUT2D eigenvalue weighted by Gasteiger charge is -2.39. The van der Waals surface area contributed by atoms with Crippen LogP contribution >= 0.6 is 0 Å². The highest BCUT2D eigenvalue weighted by molar-refractivity contribution is 5.77. The van der Waals surface area contributed by atoms with Crippen molar-refractivity contribution < 1.29 is 18.8 Å². The number of amides is 1. The Morgan fingerprint density at radius 3 is 2.57 bits per heavy atom. The van der Waals surface area contributed by atoms with Gasteiger partial charge in [0, 0.05) is 18.2 Å². The van der Waals surface area contributed by atoms with Crippen molar-refractivity contribution in [2.24, 2.45) is 0 Å². The van der Waals surface area contributed by atoms with Gasteiger partial charge in [-0.25, -0.2) is 0 Å². The van der Waals surface area contributed by atoms with Crippen molar-refractivity contribution in [1.82, 2.24) is 15.0 Å². The lowest BCUT2D eigenvalue weighted by Crippen LogP contribution is -2.56. The van der Waals surface area contributed by atoms with E-state index in [1.165, 1.54) is 0 Å². The van der Waals surface area contributed by atoms with E-state index in [-0.39, 0.29) is 12.0 Å². The van der Waals surface area contributed by atoms with E-state index in [4.69, 9.17) is 14.0 Å². The van der Waals surface area contributed by atoms with Gasteiger partial charge < -0.3 is 18.9 Å². The number of methoxy groups -OCH3 is 1.